The van der Waals surface area contributed by atoms with E-state index in [2.05, 4.69) is 5.16 Å². The lowest BCUT2D eigenvalue weighted by Gasteiger charge is -2.31. The van der Waals surface area contributed by atoms with Crippen LogP contribution in [0.1, 0.15) is 43.3 Å². The molecule has 1 N–H and O–H groups in total. The molecule has 0 bridgehead atoms. The number of aromatic carboxylic acids is 1. The van der Waals surface area contributed by atoms with Gasteiger partial charge in [-0.1, -0.05) is 11.2 Å². The van der Waals surface area contributed by atoms with Gasteiger partial charge in [-0.15, -0.1) is 0 Å². The van der Waals surface area contributed by atoms with Gasteiger partial charge in [-0.25, -0.2) is 9.59 Å². The van der Waals surface area contributed by atoms with Crippen LogP contribution in [0.3, 0.4) is 0 Å². The number of carboxylic acids is 1. The summed E-state index contributed by atoms with van der Waals surface area (Å²) in [4.78, 5) is 25.0. The average Bonchev–Trinajstić information content (AvgIpc) is 3.02. The highest BCUT2D eigenvalue weighted by atomic mass is 16.6. The van der Waals surface area contributed by atoms with Crippen molar-refractivity contribution in [2.24, 2.45) is 0 Å². The quantitative estimate of drug-likeness (QED) is 0.892. The molecule has 7 nitrogen and oxygen atoms in total. The maximum absolute atomic E-state index is 12.4. The molecule has 0 saturated heterocycles. The molecular weight excluding hydrogens is 324 g/mol. The molecule has 0 saturated carbocycles. The third-order valence-corrected chi connectivity index (χ3v) is 3.83. The minimum absolute atomic E-state index is 0.205. The maximum atomic E-state index is 12.4. The van der Waals surface area contributed by atoms with Crippen molar-refractivity contribution in [3.05, 3.63) is 35.6 Å². The third kappa shape index (κ3) is 3.65. The molecule has 1 aromatic heterocycles. The van der Waals surface area contributed by atoms with Gasteiger partial charge in [0.25, 0.3) is 0 Å². The van der Waals surface area contributed by atoms with Crippen LogP contribution in [-0.4, -0.2) is 34.5 Å². The number of hydrogen-bond acceptors (Lipinski definition) is 5. The molecule has 2 heterocycles. The Hall–Kier alpha value is -2.83. The Labute approximate surface area is 145 Å². The first kappa shape index (κ1) is 17.0. The number of nitrogens with zero attached hydrogens (tertiary/aromatic N) is 2. The molecule has 0 aliphatic carbocycles. The largest absolute Gasteiger partial charge is 0.475 e. The molecule has 7 heteroatoms. The zero-order valence-corrected chi connectivity index (χ0v) is 14.4. The van der Waals surface area contributed by atoms with E-state index in [1.807, 2.05) is 32.9 Å². The van der Waals surface area contributed by atoms with E-state index in [0.29, 0.717) is 12.2 Å². The SMILES string of the molecule is CC(C)(C)OC(=O)N1CCCc2cc(-c3cc(C(=O)O)on3)ccc21. The Morgan fingerprint density at radius 2 is 2.04 bits per heavy atom. The van der Waals surface area contributed by atoms with Crippen LogP contribution in [0.25, 0.3) is 11.3 Å². The van der Waals surface area contributed by atoms with Gasteiger partial charge in [0, 0.05) is 18.2 Å². The van der Waals surface area contributed by atoms with Gasteiger partial charge in [0.15, 0.2) is 0 Å². The lowest BCUT2D eigenvalue weighted by molar-refractivity contribution is 0.0576. The number of benzene rings is 1. The van der Waals surface area contributed by atoms with E-state index in [4.69, 9.17) is 14.4 Å². The maximum Gasteiger partial charge on any atom is 0.414 e. The minimum atomic E-state index is -1.16. The summed E-state index contributed by atoms with van der Waals surface area (Å²) in [6, 6.07) is 6.93. The van der Waals surface area contributed by atoms with E-state index in [-0.39, 0.29) is 11.9 Å². The van der Waals surface area contributed by atoms with Crippen LogP contribution in [0, 0.1) is 0 Å². The Morgan fingerprint density at radius 1 is 1.28 bits per heavy atom. The molecule has 1 aromatic carbocycles. The summed E-state index contributed by atoms with van der Waals surface area (Å²) in [5.74, 6) is -1.36. The second-order valence-corrected chi connectivity index (χ2v) is 6.96. The highest BCUT2D eigenvalue weighted by molar-refractivity contribution is 5.90. The molecular formula is C18H20N2O5. The fourth-order valence-electron chi connectivity index (χ4n) is 2.78. The summed E-state index contributed by atoms with van der Waals surface area (Å²) < 4.78 is 10.3. The van der Waals surface area contributed by atoms with Crippen LogP contribution in [0.15, 0.2) is 28.8 Å². The van der Waals surface area contributed by atoms with Gasteiger partial charge in [0.2, 0.25) is 5.76 Å². The summed E-state index contributed by atoms with van der Waals surface area (Å²) >= 11 is 0. The van der Waals surface area contributed by atoms with Crippen molar-refractivity contribution in [2.45, 2.75) is 39.2 Å². The topological polar surface area (TPSA) is 92.9 Å². The van der Waals surface area contributed by atoms with Gasteiger partial charge in [0.05, 0.1) is 5.69 Å². The summed E-state index contributed by atoms with van der Waals surface area (Å²) in [7, 11) is 0. The predicted molar refractivity (Wildman–Crippen MR) is 90.8 cm³/mol. The normalized spacial score (nSPS) is 14.1. The number of rotatable bonds is 2. The number of carbonyl (C=O) groups excluding carboxylic acids is 1. The standard InChI is InChI=1S/C18H20N2O5/c1-18(2,3)24-17(23)20-8-4-5-12-9-11(6-7-14(12)20)13-10-15(16(21)22)25-19-13/h6-7,9-10H,4-5,8H2,1-3H3,(H,21,22). The number of hydrogen-bond donors (Lipinski definition) is 1. The van der Waals surface area contributed by atoms with Gasteiger partial charge in [-0.2, -0.15) is 0 Å². The van der Waals surface area contributed by atoms with Crippen LogP contribution < -0.4 is 4.90 Å². The Balaban J connectivity index is 1.89. The van der Waals surface area contributed by atoms with E-state index < -0.39 is 11.6 Å². The van der Waals surface area contributed by atoms with E-state index in [9.17, 15) is 9.59 Å². The Kier molecular flexibility index (Phi) is 4.24. The number of carbonyl (C=O) groups is 2. The van der Waals surface area contributed by atoms with Crippen molar-refractivity contribution >= 4 is 17.7 Å². The van der Waals surface area contributed by atoms with Crippen LogP contribution in [-0.2, 0) is 11.2 Å². The molecule has 0 atom stereocenters. The molecule has 1 aliphatic rings. The van der Waals surface area contributed by atoms with Crippen molar-refractivity contribution < 1.29 is 24.0 Å². The second-order valence-electron chi connectivity index (χ2n) is 6.96. The molecule has 0 radical (unpaired) electrons. The first-order chi connectivity index (χ1) is 11.7. The summed E-state index contributed by atoms with van der Waals surface area (Å²) in [6.07, 6.45) is 1.29. The van der Waals surface area contributed by atoms with Crippen LogP contribution in [0.4, 0.5) is 10.5 Å². The van der Waals surface area contributed by atoms with Crippen LogP contribution in [0.5, 0.6) is 0 Å². The smallest absolute Gasteiger partial charge is 0.414 e. The van der Waals surface area contributed by atoms with Crippen molar-refractivity contribution in [3.63, 3.8) is 0 Å². The van der Waals surface area contributed by atoms with E-state index >= 15 is 0 Å². The molecule has 25 heavy (non-hydrogen) atoms. The van der Waals surface area contributed by atoms with Gasteiger partial charge < -0.3 is 14.4 Å². The van der Waals surface area contributed by atoms with Gasteiger partial charge in [-0.05, 0) is 51.3 Å². The third-order valence-electron chi connectivity index (χ3n) is 3.83. The average molecular weight is 344 g/mol. The molecule has 0 fully saturated rings. The fourth-order valence-corrected chi connectivity index (χ4v) is 2.78. The second kappa shape index (κ2) is 6.23. The van der Waals surface area contributed by atoms with Crippen molar-refractivity contribution in [1.29, 1.82) is 0 Å². The number of ether oxygens (including phenoxy) is 1. The minimum Gasteiger partial charge on any atom is -0.475 e. The summed E-state index contributed by atoms with van der Waals surface area (Å²) in [5.41, 5.74) is 2.46. The molecule has 0 unspecified atom stereocenters. The van der Waals surface area contributed by atoms with Gasteiger partial charge >= 0.3 is 12.1 Å². The molecule has 1 amide bonds. The first-order valence-corrected chi connectivity index (χ1v) is 8.08. The van der Waals surface area contributed by atoms with Gasteiger partial charge in [0.1, 0.15) is 11.3 Å². The monoisotopic (exact) mass is 344 g/mol. The van der Waals surface area contributed by atoms with E-state index in [0.717, 1.165) is 29.7 Å². The number of aryl methyl sites for hydroxylation is 1. The van der Waals surface area contributed by atoms with Crippen LogP contribution in [0.2, 0.25) is 0 Å². The Morgan fingerprint density at radius 3 is 2.68 bits per heavy atom. The molecule has 132 valence electrons. The fraction of sp³-hybridized carbons (Fsp3) is 0.389. The lowest BCUT2D eigenvalue weighted by Crippen LogP contribution is -2.39. The number of fused-ring (bicyclic) bond motifs is 1. The zero-order valence-electron chi connectivity index (χ0n) is 14.4. The van der Waals surface area contributed by atoms with Crippen molar-refractivity contribution in [2.75, 3.05) is 11.4 Å². The number of carboxylic acid groups (broad SMARTS) is 1. The summed E-state index contributed by atoms with van der Waals surface area (Å²) in [6.45, 7) is 6.12. The zero-order chi connectivity index (χ0) is 18.2. The van der Waals surface area contributed by atoms with Crippen LogP contribution >= 0.6 is 0 Å². The van der Waals surface area contributed by atoms with Crippen molar-refractivity contribution in [3.8, 4) is 11.3 Å². The Bertz CT molecular complexity index is 819. The first-order valence-electron chi connectivity index (χ1n) is 8.08. The number of aromatic nitrogens is 1. The highest BCUT2D eigenvalue weighted by Gasteiger charge is 2.27. The molecule has 0 spiro atoms. The van der Waals surface area contributed by atoms with Gasteiger partial charge in [-0.3, -0.25) is 4.90 Å². The van der Waals surface area contributed by atoms with E-state index in [1.54, 1.807) is 11.0 Å². The van der Waals surface area contributed by atoms with Crippen molar-refractivity contribution in [1.82, 2.24) is 5.16 Å². The van der Waals surface area contributed by atoms with E-state index in [1.165, 1.54) is 6.07 Å². The molecule has 3 rings (SSSR count). The molecule has 2 aromatic rings. The number of anilines is 1. The molecule has 1 aliphatic heterocycles. The highest BCUT2D eigenvalue weighted by Crippen LogP contribution is 2.32. The summed E-state index contributed by atoms with van der Waals surface area (Å²) in [5, 5.41) is 12.7. The number of amides is 1. The predicted octanol–water partition coefficient (Wildman–Crippen LogP) is 3.73. The lowest BCUT2D eigenvalue weighted by atomic mass is 9.98.